The van der Waals surface area contributed by atoms with Crippen LogP contribution in [0, 0.1) is 6.92 Å². The molecule has 0 radical (unpaired) electrons. The molecule has 2 aromatic heterocycles. The summed E-state index contributed by atoms with van der Waals surface area (Å²) in [5, 5.41) is 14.2. The van der Waals surface area contributed by atoms with Crippen molar-refractivity contribution in [2.45, 2.75) is 45.0 Å². The molecule has 0 amide bonds. The van der Waals surface area contributed by atoms with Gasteiger partial charge in [-0.25, -0.2) is 14.4 Å². The Balaban J connectivity index is 2.14. The van der Waals surface area contributed by atoms with Crippen LogP contribution in [0.3, 0.4) is 0 Å². The van der Waals surface area contributed by atoms with Crippen LogP contribution in [0.25, 0.3) is 0 Å². The van der Waals surface area contributed by atoms with Gasteiger partial charge in [0.15, 0.2) is 5.60 Å². The molecule has 0 aliphatic rings. The van der Waals surface area contributed by atoms with Crippen LogP contribution >= 0.6 is 11.3 Å². The number of hydrogen-bond donors (Lipinski definition) is 1. The van der Waals surface area contributed by atoms with Crippen LogP contribution in [0.1, 0.15) is 35.8 Å². The number of methoxy groups -OCH3 is 1. The number of ether oxygens (including phenoxy) is 1. The summed E-state index contributed by atoms with van der Waals surface area (Å²) >= 11 is 1.37. The summed E-state index contributed by atoms with van der Waals surface area (Å²) in [4.78, 5) is 8.60. The van der Waals surface area contributed by atoms with Gasteiger partial charge < -0.3 is 14.4 Å². The Hall–Kier alpha value is -2.25. The van der Waals surface area contributed by atoms with Crippen molar-refractivity contribution in [1.29, 1.82) is 0 Å². The van der Waals surface area contributed by atoms with Crippen molar-refractivity contribution in [2.24, 2.45) is 0 Å². The van der Waals surface area contributed by atoms with Gasteiger partial charge in [-0.15, -0.1) is 11.3 Å². The molecule has 7 heteroatoms. The van der Waals surface area contributed by atoms with E-state index in [0.29, 0.717) is 16.3 Å². The second-order valence-electron chi connectivity index (χ2n) is 7.23. The van der Waals surface area contributed by atoms with E-state index in [1.807, 2.05) is 35.2 Å². The maximum atomic E-state index is 14.2. The van der Waals surface area contributed by atoms with Gasteiger partial charge in [-0.05, 0) is 38.5 Å². The van der Waals surface area contributed by atoms with Gasteiger partial charge in [-0.2, -0.15) is 0 Å². The number of aromatic nitrogens is 3. The highest BCUT2D eigenvalue weighted by molar-refractivity contribution is 7.09. The van der Waals surface area contributed by atoms with Gasteiger partial charge in [-0.3, -0.25) is 0 Å². The number of aryl methyl sites for hydroxylation is 1. The van der Waals surface area contributed by atoms with Crippen LogP contribution in [0.5, 0.6) is 5.75 Å². The van der Waals surface area contributed by atoms with Crippen molar-refractivity contribution in [2.75, 3.05) is 7.11 Å². The number of rotatable bonds is 7. The second kappa shape index (κ2) is 7.40. The standard InChI is InChI=1S/C20H24FN3O2S/c1-14-22-7-9-24(14)13-20(25,18-23-8-10-27-18)16-11-15(12-19(2,3)21)5-6-17(16)26-4/h5-11,25H,12-13H2,1-4H3. The normalized spacial score (nSPS) is 14.1. The van der Waals surface area contributed by atoms with Crippen LogP contribution in [0.4, 0.5) is 4.39 Å². The number of imidazole rings is 1. The Labute approximate surface area is 162 Å². The number of thiazole rings is 1. The molecule has 0 saturated heterocycles. The molecule has 2 heterocycles. The zero-order chi connectivity index (χ0) is 19.7. The summed E-state index contributed by atoms with van der Waals surface area (Å²) in [5.41, 5.74) is -1.43. The molecule has 1 N–H and O–H groups in total. The molecule has 0 aliphatic carbocycles. The molecular weight excluding hydrogens is 365 g/mol. The van der Waals surface area contributed by atoms with Gasteiger partial charge in [0.05, 0.1) is 13.7 Å². The molecule has 144 valence electrons. The lowest BCUT2D eigenvalue weighted by atomic mass is 9.89. The van der Waals surface area contributed by atoms with E-state index in [2.05, 4.69) is 9.97 Å². The maximum Gasteiger partial charge on any atom is 0.162 e. The zero-order valence-corrected chi connectivity index (χ0v) is 16.8. The van der Waals surface area contributed by atoms with E-state index in [0.717, 1.165) is 11.4 Å². The first-order valence-electron chi connectivity index (χ1n) is 8.69. The first kappa shape index (κ1) is 19.5. The smallest absolute Gasteiger partial charge is 0.162 e. The lowest BCUT2D eigenvalue weighted by Crippen LogP contribution is -2.33. The monoisotopic (exact) mass is 389 g/mol. The number of halogens is 1. The summed E-state index contributed by atoms with van der Waals surface area (Å²) in [5.74, 6) is 1.32. The summed E-state index contributed by atoms with van der Waals surface area (Å²) < 4.78 is 21.6. The molecule has 0 bridgehead atoms. The highest BCUT2D eigenvalue weighted by Crippen LogP contribution is 2.39. The zero-order valence-electron chi connectivity index (χ0n) is 15.9. The minimum absolute atomic E-state index is 0.227. The van der Waals surface area contributed by atoms with Crippen molar-refractivity contribution < 1.29 is 14.2 Å². The molecule has 0 fully saturated rings. The molecule has 1 atom stereocenters. The molecule has 5 nitrogen and oxygen atoms in total. The Bertz CT molecular complexity index is 902. The van der Waals surface area contributed by atoms with Crippen LogP contribution < -0.4 is 4.74 Å². The molecule has 3 rings (SSSR count). The first-order valence-corrected chi connectivity index (χ1v) is 9.57. The van der Waals surface area contributed by atoms with Gasteiger partial charge >= 0.3 is 0 Å². The Kier molecular flexibility index (Phi) is 5.35. The van der Waals surface area contributed by atoms with E-state index in [-0.39, 0.29) is 13.0 Å². The summed E-state index contributed by atoms with van der Waals surface area (Å²) in [6, 6.07) is 5.41. The lowest BCUT2D eigenvalue weighted by Gasteiger charge is -2.30. The summed E-state index contributed by atoms with van der Waals surface area (Å²) in [6.45, 7) is 5.18. The number of hydrogen-bond acceptors (Lipinski definition) is 5. The van der Waals surface area contributed by atoms with Crippen LogP contribution in [-0.2, 0) is 18.6 Å². The fourth-order valence-electron chi connectivity index (χ4n) is 3.19. The lowest BCUT2D eigenvalue weighted by molar-refractivity contribution is 0.0575. The van der Waals surface area contributed by atoms with Crippen molar-refractivity contribution >= 4 is 11.3 Å². The maximum absolute atomic E-state index is 14.2. The predicted molar refractivity (Wildman–Crippen MR) is 104 cm³/mol. The minimum atomic E-state index is -1.43. The molecule has 1 unspecified atom stereocenters. The Morgan fingerprint density at radius 2 is 2.04 bits per heavy atom. The Morgan fingerprint density at radius 3 is 2.59 bits per heavy atom. The molecule has 27 heavy (non-hydrogen) atoms. The molecule has 3 aromatic rings. The quantitative estimate of drug-likeness (QED) is 0.666. The average molecular weight is 389 g/mol. The van der Waals surface area contributed by atoms with Crippen LogP contribution in [0.15, 0.2) is 42.2 Å². The SMILES string of the molecule is COc1ccc(CC(C)(C)F)cc1C(O)(Cn1ccnc1C)c1nccs1. The van der Waals surface area contributed by atoms with E-state index in [1.165, 1.54) is 11.3 Å². The van der Waals surface area contributed by atoms with Crippen molar-refractivity contribution in [1.82, 2.24) is 14.5 Å². The van der Waals surface area contributed by atoms with E-state index in [1.54, 1.807) is 39.4 Å². The highest BCUT2D eigenvalue weighted by atomic mass is 32.1. The van der Waals surface area contributed by atoms with E-state index in [9.17, 15) is 9.50 Å². The van der Waals surface area contributed by atoms with Gasteiger partial charge in [-0.1, -0.05) is 6.07 Å². The third-order valence-electron chi connectivity index (χ3n) is 4.44. The van der Waals surface area contributed by atoms with Crippen LogP contribution in [-0.4, -0.2) is 32.4 Å². The van der Waals surface area contributed by atoms with Gasteiger partial charge in [0.1, 0.15) is 22.3 Å². The fraction of sp³-hybridized carbons (Fsp3) is 0.400. The van der Waals surface area contributed by atoms with E-state index in [4.69, 9.17) is 4.74 Å². The van der Waals surface area contributed by atoms with Gasteiger partial charge in [0, 0.05) is 36.0 Å². The fourth-order valence-corrected chi connectivity index (χ4v) is 3.93. The predicted octanol–water partition coefficient (Wildman–Crippen LogP) is 3.88. The highest BCUT2D eigenvalue weighted by Gasteiger charge is 2.38. The van der Waals surface area contributed by atoms with Gasteiger partial charge in [0.2, 0.25) is 0 Å². The van der Waals surface area contributed by atoms with Gasteiger partial charge in [0.25, 0.3) is 0 Å². The topological polar surface area (TPSA) is 60.2 Å². The van der Waals surface area contributed by atoms with Crippen LogP contribution in [0.2, 0.25) is 0 Å². The molecule has 1 aromatic carbocycles. The first-order chi connectivity index (χ1) is 12.7. The van der Waals surface area contributed by atoms with E-state index >= 15 is 0 Å². The third kappa shape index (κ3) is 4.20. The van der Waals surface area contributed by atoms with Crippen molar-refractivity contribution in [3.8, 4) is 5.75 Å². The number of benzene rings is 1. The molecule has 0 spiro atoms. The largest absolute Gasteiger partial charge is 0.496 e. The van der Waals surface area contributed by atoms with Crippen molar-refractivity contribution in [3.05, 3.63) is 64.1 Å². The Morgan fingerprint density at radius 1 is 1.26 bits per heavy atom. The number of alkyl halides is 1. The molecule has 0 aliphatic heterocycles. The van der Waals surface area contributed by atoms with Crippen molar-refractivity contribution in [3.63, 3.8) is 0 Å². The summed E-state index contributed by atoms with van der Waals surface area (Å²) in [6.07, 6.45) is 5.40. The molecule has 0 saturated carbocycles. The van der Waals surface area contributed by atoms with E-state index < -0.39 is 11.3 Å². The molecular formula is C20H24FN3O2S. The second-order valence-corrected chi connectivity index (χ2v) is 8.12. The third-order valence-corrected chi connectivity index (χ3v) is 5.37. The number of nitrogens with zero attached hydrogens (tertiary/aromatic N) is 3. The summed E-state index contributed by atoms with van der Waals surface area (Å²) in [7, 11) is 1.56. The average Bonchev–Trinajstić information content (AvgIpc) is 3.26. The minimum Gasteiger partial charge on any atom is -0.496 e. The number of aliphatic hydroxyl groups is 1.